The van der Waals surface area contributed by atoms with E-state index in [1.54, 1.807) is 24.5 Å². The van der Waals surface area contributed by atoms with Crippen LogP contribution in [-0.4, -0.2) is 39.2 Å². The summed E-state index contributed by atoms with van der Waals surface area (Å²) in [6.07, 6.45) is 5.41. The molecular weight excluding hydrogens is 516 g/mol. The zero-order valence-corrected chi connectivity index (χ0v) is 23.2. The van der Waals surface area contributed by atoms with E-state index in [4.69, 9.17) is 22.1 Å². The van der Waals surface area contributed by atoms with E-state index in [1.165, 1.54) is 13.2 Å². The van der Waals surface area contributed by atoms with Gasteiger partial charge in [-0.2, -0.15) is 5.26 Å². The number of aliphatic hydroxyl groups is 1. The lowest BCUT2D eigenvalue weighted by atomic mass is 9.65. The Hall–Kier alpha value is -3.74. The molecule has 4 rings (SSSR count). The van der Waals surface area contributed by atoms with Crippen molar-refractivity contribution in [1.82, 2.24) is 15.0 Å². The van der Waals surface area contributed by atoms with E-state index in [-0.39, 0.29) is 45.4 Å². The van der Waals surface area contributed by atoms with Crippen LogP contribution in [0.2, 0.25) is 5.15 Å². The Balaban J connectivity index is 1.64. The average Bonchev–Trinajstić information content (AvgIpc) is 2.92. The van der Waals surface area contributed by atoms with Gasteiger partial charge in [0, 0.05) is 12.3 Å². The maximum Gasteiger partial charge on any atom is 0.276 e. The first kappa shape index (κ1) is 28.3. The molecule has 1 saturated carbocycles. The van der Waals surface area contributed by atoms with Crippen molar-refractivity contribution < 1.29 is 14.6 Å². The molecule has 9 nitrogen and oxygen atoms in total. The number of hydrogen-bond donors (Lipinski definition) is 3. The second-order valence-electron chi connectivity index (χ2n) is 10.3. The lowest BCUT2D eigenvalue weighted by Crippen LogP contribution is -2.38. The molecular formula is C29H33ClN6O3. The number of halogens is 1. The quantitative estimate of drug-likeness (QED) is 0.330. The fourth-order valence-corrected chi connectivity index (χ4v) is 5.97. The van der Waals surface area contributed by atoms with E-state index in [0.717, 1.165) is 18.4 Å². The topological polar surface area (TPSA) is 147 Å². The number of nitrogens with one attached hydrogen (secondary N) is 1. The molecule has 1 fully saturated rings. The highest BCUT2D eigenvalue weighted by molar-refractivity contribution is 6.30. The molecule has 3 aromatic heterocycles. The number of hydrogen-bond acceptors (Lipinski definition) is 8. The molecule has 0 aromatic carbocycles. The largest absolute Gasteiger partial charge is 0.494 e. The first-order valence-electron chi connectivity index (χ1n) is 13.0. The second-order valence-corrected chi connectivity index (χ2v) is 10.6. The average molecular weight is 549 g/mol. The van der Waals surface area contributed by atoms with Gasteiger partial charge in [-0.15, -0.1) is 0 Å². The van der Waals surface area contributed by atoms with Crippen molar-refractivity contribution in [3.63, 3.8) is 0 Å². The normalized spacial score (nSPS) is 20.9. The number of nitrogens with zero attached hydrogens (tertiary/aromatic N) is 4. The number of aromatic nitrogens is 3. The molecule has 3 heterocycles. The highest BCUT2D eigenvalue weighted by atomic mass is 35.5. The fraction of sp³-hybridized carbons (Fsp3) is 0.414. The molecule has 3 aromatic rings. The third kappa shape index (κ3) is 5.82. The standard InChI is InChI=1S/C29H33ClN6O3/c1-5-16-10-17(11-23(37)25(16)15(2)3)19-8-9-33-14-22(19)35-29(38)26-20(32)6-7-21(34-26)27-24(39-4)12-18(13-31)28(30)36-27/h6-9,12,14-17,23,25,37H,5,10-11,32H2,1-4H3,(H,35,38). The number of methoxy groups -OCH3 is 1. The minimum absolute atomic E-state index is 0.00150. The summed E-state index contributed by atoms with van der Waals surface area (Å²) in [4.78, 5) is 26.4. The summed E-state index contributed by atoms with van der Waals surface area (Å²) in [6, 6.07) is 8.50. The Kier molecular flexibility index (Phi) is 8.68. The van der Waals surface area contributed by atoms with Gasteiger partial charge in [-0.05, 0) is 60.3 Å². The molecule has 4 unspecified atom stereocenters. The van der Waals surface area contributed by atoms with Crippen LogP contribution >= 0.6 is 11.6 Å². The SMILES string of the molecule is CCC1CC(c2ccncc2NC(=O)c2nc(-c3nc(Cl)c(C#N)cc3OC)ccc2N)CC(O)C1C(C)C. The van der Waals surface area contributed by atoms with Gasteiger partial charge < -0.3 is 20.9 Å². The summed E-state index contributed by atoms with van der Waals surface area (Å²) in [5, 5.41) is 23.2. The van der Waals surface area contributed by atoms with Gasteiger partial charge in [-0.25, -0.2) is 9.97 Å². The van der Waals surface area contributed by atoms with Crippen molar-refractivity contribution in [1.29, 1.82) is 5.26 Å². The van der Waals surface area contributed by atoms with Crippen molar-refractivity contribution in [2.45, 2.75) is 52.1 Å². The van der Waals surface area contributed by atoms with E-state index >= 15 is 0 Å². The van der Waals surface area contributed by atoms with Gasteiger partial charge in [0.25, 0.3) is 5.91 Å². The number of nitrogen functional groups attached to an aromatic ring is 1. The molecule has 0 radical (unpaired) electrons. The number of nitriles is 1. The maximum absolute atomic E-state index is 13.4. The monoisotopic (exact) mass is 548 g/mol. The van der Waals surface area contributed by atoms with Crippen LogP contribution in [0.25, 0.3) is 11.4 Å². The van der Waals surface area contributed by atoms with Crippen LogP contribution in [0.5, 0.6) is 5.75 Å². The molecule has 204 valence electrons. The molecule has 0 spiro atoms. The van der Waals surface area contributed by atoms with Crippen molar-refractivity contribution in [3.8, 4) is 23.2 Å². The van der Waals surface area contributed by atoms with E-state index in [9.17, 15) is 15.2 Å². The highest BCUT2D eigenvalue weighted by Crippen LogP contribution is 2.45. The number of carbonyl (C=O) groups is 1. The zero-order valence-electron chi connectivity index (χ0n) is 22.5. The van der Waals surface area contributed by atoms with Crippen LogP contribution in [0, 0.1) is 29.1 Å². The van der Waals surface area contributed by atoms with Crippen LogP contribution in [0.4, 0.5) is 11.4 Å². The lowest BCUT2D eigenvalue weighted by molar-refractivity contribution is -0.00295. The summed E-state index contributed by atoms with van der Waals surface area (Å²) in [6.45, 7) is 6.49. The van der Waals surface area contributed by atoms with E-state index in [2.05, 4.69) is 41.0 Å². The second kappa shape index (κ2) is 12.0. The number of carbonyl (C=O) groups excluding carboxylic acids is 1. The first-order chi connectivity index (χ1) is 18.7. The zero-order chi connectivity index (χ0) is 28.3. The van der Waals surface area contributed by atoms with Gasteiger partial charge in [-0.1, -0.05) is 38.8 Å². The molecule has 0 aliphatic heterocycles. The Morgan fingerprint density at radius 1 is 1.31 bits per heavy atom. The van der Waals surface area contributed by atoms with Gasteiger partial charge >= 0.3 is 0 Å². The molecule has 1 aliphatic rings. The van der Waals surface area contributed by atoms with Crippen LogP contribution in [-0.2, 0) is 0 Å². The number of aliphatic hydroxyl groups excluding tert-OH is 1. The Bertz CT molecular complexity index is 1410. The van der Waals surface area contributed by atoms with Gasteiger partial charge in [0.1, 0.15) is 22.7 Å². The number of pyridine rings is 3. The third-order valence-corrected chi connectivity index (χ3v) is 7.89. The van der Waals surface area contributed by atoms with Crippen LogP contribution in [0.3, 0.4) is 0 Å². The molecule has 4 N–H and O–H groups in total. The summed E-state index contributed by atoms with van der Waals surface area (Å²) in [7, 11) is 1.44. The van der Waals surface area contributed by atoms with Crippen LogP contribution in [0.1, 0.15) is 67.6 Å². The summed E-state index contributed by atoms with van der Waals surface area (Å²) in [5.41, 5.74) is 8.57. The van der Waals surface area contributed by atoms with E-state index in [1.807, 2.05) is 12.1 Å². The minimum atomic E-state index is -0.509. The highest BCUT2D eigenvalue weighted by Gasteiger charge is 2.38. The van der Waals surface area contributed by atoms with Crippen LogP contribution < -0.4 is 15.8 Å². The maximum atomic E-state index is 13.4. The van der Waals surface area contributed by atoms with E-state index in [0.29, 0.717) is 29.6 Å². The summed E-state index contributed by atoms with van der Waals surface area (Å²) in [5.74, 6) is 0.874. The van der Waals surface area contributed by atoms with Crippen LogP contribution in [0.15, 0.2) is 36.7 Å². The van der Waals surface area contributed by atoms with Gasteiger partial charge in [0.05, 0.1) is 42.0 Å². The van der Waals surface area contributed by atoms with Gasteiger partial charge in [0.2, 0.25) is 0 Å². The molecule has 1 amide bonds. The summed E-state index contributed by atoms with van der Waals surface area (Å²) < 4.78 is 5.38. The predicted molar refractivity (Wildman–Crippen MR) is 150 cm³/mol. The van der Waals surface area contributed by atoms with Crippen molar-refractivity contribution >= 4 is 28.9 Å². The molecule has 39 heavy (non-hydrogen) atoms. The van der Waals surface area contributed by atoms with Gasteiger partial charge in [-0.3, -0.25) is 9.78 Å². The molecule has 4 atom stereocenters. The van der Waals surface area contributed by atoms with Crippen molar-refractivity contribution in [2.24, 2.45) is 17.8 Å². The first-order valence-corrected chi connectivity index (χ1v) is 13.4. The van der Waals surface area contributed by atoms with E-state index < -0.39 is 12.0 Å². The Labute approximate surface area is 233 Å². The van der Waals surface area contributed by atoms with Crippen molar-refractivity contribution in [2.75, 3.05) is 18.2 Å². The van der Waals surface area contributed by atoms with Crippen molar-refractivity contribution in [3.05, 3.63) is 58.6 Å². The Morgan fingerprint density at radius 2 is 2.08 bits per heavy atom. The molecule has 0 saturated heterocycles. The lowest BCUT2D eigenvalue weighted by Gasteiger charge is -2.42. The number of ether oxygens (including phenoxy) is 1. The Morgan fingerprint density at radius 3 is 2.74 bits per heavy atom. The third-order valence-electron chi connectivity index (χ3n) is 7.60. The number of amides is 1. The number of nitrogens with two attached hydrogens (primary N) is 1. The smallest absolute Gasteiger partial charge is 0.276 e. The predicted octanol–water partition coefficient (Wildman–Crippen LogP) is 5.44. The summed E-state index contributed by atoms with van der Waals surface area (Å²) >= 11 is 6.15. The number of rotatable bonds is 7. The minimum Gasteiger partial charge on any atom is -0.494 e. The van der Waals surface area contributed by atoms with Gasteiger partial charge in [0.15, 0.2) is 5.69 Å². The number of anilines is 2. The molecule has 0 bridgehead atoms. The molecule has 1 aliphatic carbocycles. The molecule has 10 heteroatoms. The fourth-order valence-electron chi connectivity index (χ4n) is 5.78.